The molecule has 13 N–H and O–H groups in total. The van der Waals surface area contributed by atoms with Crippen molar-refractivity contribution in [2.75, 3.05) is 6.54 Å². The maximum absolute atomic E-state index is 13.4. The minimum atomic E-state index is -1.43. The third-order valence-electron chi connectivity index (χ3n) is 7.07. The van der Waals surface area contributed by atoms with Gasteiger partial charge in [0.2, 0.25) is 35.8 Å². The molecule has 5 amide bonds. The van der Waals surface area contributed by atoms with E-state index < -0.39 is 96.5 Å². The fraction of sp³-hybridized carbons (Fsp3) is 0.700. The van der Waals surface area contributed by atoms with Gasteiger partial charge in [0, 0.05) is 19.4 Å². The van der Waals surface area contributed by atoms with Crippen molar-refractivity contribution in [3.63, 3.8) is 0 Å². The van der Waals surface area contributed by atoms with Crippen molar-refractivity contribution in [2.24, 2.45) is 23.3 Å². The summed E-state index contributed by atoms with van der Waals surface area (Å²) < 4.78 is 0. The van der Waals surface area contributed by atoms with E-state index in [2.05, 4.69) is 31.9 Å². The summed E-state index contributed by atoms with van der Waals surface area (Å²) in [5.41, 5.74) is 11.0. The number of guanidine groups is 1. The quantitative estimate of drug-likeness (QED) is 0.0284. The first kappa shape index (κ1) is 44.2. The van der Waals surface area contributed by atoms with Crippen LogP contribution < -0.4 is 43.4 Å². The first-order valence-electron chi connectivity index (χ1n) is 15.9. The van der Waals surface area contributed by atoms with Crippen molar-refractivity contribution < 1.29 is 48.6 Å². The summed E-state index contributed by atoms with van der Waals surface area (Å²) in [6.07, 6.45) is 0.919. The molecule has 0 heterocycles. The van der Waals surface area contributed by atoms with Crippen LogP contribution in [0.4, 0.5) is 0 Å². The normalized spacial score (nSPS) is 14.6. The molecule has 0 aromatic carbocycles. The molecule has 0 aromatic heterocycles. The lowest BCUT2D eigenvalue weighted by atomic mass is 10.0. The van der Waals surface area contributed by atoms with Gasteiger partial charge in [-0.25, -0.2) is 0 Å². The second-order valence-electron chi connectivity index (χ2n) is 12.3. The predicted molar refractivity (Wildman–Crippen MR) is 176 cm³/mol. The monoisotopic (exact) mass is 698 g/mol. The lowest BCUT2D eigenvalue weighted by molar-refractivity contribution is -0.139. The first-order chi connectivity index (χ1) is 22.8. The van der Waals surface area contributed by atoms with Crippen molar-refractivity contribution in [3.05, 3.63) is 0 Å². The van der Waals surface area contributed by atoms with Crippen molar-refractivity contribution in [1.29, 1.82) is 5.41 Å². The predicted octanol–water partition coefficient (Wildman–Crippen LogP) is -2.44. The summed E-state index contributed by atoms with van der Waals surface area (Å²) in [4.78, 5) is 98.5. The second-order valence-corrected chi connectivity index (χ2v) is 12.3. The second kappa shape index (κ2) is 22.7. The lowest BCUT2D eigenvalue weighted by Gasteiger charge is -2.27. The summed E-state index contributed by atoms with van der Waals surface area (Å²) in [5, 5.41) is 40.1. The third-order valence-corrected chi connectivity index (χ3v) is 7.07. The number of nitrogens with one attached hydrogen (secondary N) is 7. The van der Waals surface area contributed by atoms with E-state index in [4.69, 9.17) is 27.1 Å². The van der Waals surface area contributed by atoms with Gasteiger partial charge in [-0.2, -0.15) is 0 Å². The van der Waals surface area contributed by atoms with Gasteiger partial charge >= 0.3 is 11.9 Å². The molecule has 277 valence electrons. The van der Waals surface area contributed by atoms with E-state index in [1.165, 1.54) is 6.92 Å². The lowest BCUT2D eigenvalue weighted by Crippen LogP contribution is -2.59. The molecule has 19 nitrogen and oxygen atoms in total. The van der Waals surface area contributed by atoms with E-state index in [9.17, 15) is 38.4 Å². The Kier molecular flexibility index (Phi) is 20.5. The number of carbonyl (C=O) groups excluding carboxylic acids is 6. The Balaban J connectivity index is 5.73. The van der Waals surface area contributed by atoms with E-state index in [0.29, 0.717) is 12.8 Å². The van der Waals surface area contributed by atoms with Crippen molar-refractivity contribution in [2.45, 2.75) is 116 Å². The Morgan fingerprint density at radius 1 is 0.714 bits per heavy atom. The van der Waals surface area contributed by atoms with E-state index in [-0.39, 0.29) is 37.7 Å². The number of hydrogen-bond donors (Lipinski definition) is 11. The molecule has 19 heteroatoms. The number of carbonyl (C=O) groups is 7. The van der Waals surface area contributed by atoms with Crippen molar-refractivity contribution in [1.82, 2.24) is 31.9 Å². The van der Waals surface area contributed by atoms with Gasteiger partial charge in [0.1, 0.15) is 24.2 Å². The van der Waals surface area contributed by atoms with Gasteiger partial charge in [-0.3, -0.25) is 43.8 Å². The standard InChI is InChI=1S/C30H52N9O10/c1-15(2)13-18(14-40)36-28(48)20(7-6-12-34-30(32)33)38-29(49)24(16(3)4)39-25(45)17(5)35-27(47)21(9-11-23(43)44)37-26(46)19(31)8-10-22(41)42/h15-21,24H,6-13,31H2,1-5H3,(H,35,47)(H,36,48)(H,37,46)(H,38,49)(H,39,45)(H,41,42)(H,43,44)(H4,32,33,34)/t17-,18-,19-,20-,21-,24-/m0/s1. The number of amides is 5. The molecule has 0 saturated carbocycles. The highest BCUT2D eigenvalue weighted by Gasteiger charge is 2.32. The van der Waals surface area contributed by atoms with E-state index in [0.717, 1.165) is 0 Å². The molecule has 0 fully saturated rings. The van der Waals surface area contributed by atoms with Crippen molar-refractivity contribution in [3.8, 4) is 0 Å². The molecule has 6 atom stereocenters. The van der Waals surface area contributed by atoms with Gasteiger partial charge in [-0.05, 0) is 50.9 Å². The fourth-order valence-corrected chi connectivity index (χ4v) is 4.36. The van der Waals surface area contributed by atoms with Gasteiger partial charge in [-0.15, -0.1) is 0 Å². The average molecular weight is 699 g/mol. The number of carboxylic acids is 2. The Bertz CT molecular complexity index is 1180. The molecular weight excluding hydrogens is 646 g/mol. The molecule has 0 rings (SSSR count). The molecule has 0 bridgehead atoms. The average Bonchev–Trinajstić information content (AvgIpc) is 3.00. The molecule has 0 aliphatic rings. The van der Waals surface area contributed by atoms with Gasteiger partial charge in [0.15, 0.2) is 5.96 Å². The third kappa shape index (κ3) is 18.9. The molecule has 0 aromatic rings. The van der Waals surface area contributed by atoms with Gasteiger partial charge in [-0.1, -0.05) is 27.7 Å². The zero-order valence-electron chi connectivity index (χ0n) is 28.6. The maximum Gasteiger partial charge on any atom is 0.303 e. The zero-order chi connectivity index (χ0) is 37.8. The fourth-order valence-electron chi connectivity index (χ4n) is 4.36. The van der Waals surface area contributed by atoms with Gasteiger partial charge < -0.3 is 53.6 Å². The Hall–Kier alpha value is -4.81. The highest BCUT2D eigenvalue weighted by molar-refractivity contribution is 5.96. The SMILES string of the molecule is CC(C)C[C@@H]([C]=O)NC(=O)[C@H](CCCNC(=N)N)NC(=O)[C@@H](NC(=O)[C@H](C)NC(=O)[C@H](CCC(=O)O)NC(=O)[C@@H](N)CCC(=O)O)C(C)C. The molecule has 0 aliphatic carbocycles. The van der Waals surface area contributed by atoms with Gasteiger partial charge in [0.25, 0.3) is 0 Å². The topological polar surface area (TPSA) is 325 Å². The molecule has 49 heavy (non-hydrogen) atoms. The Morgan fingerprint density at radius 3 is 1.76 bits per heavy atom. The van der Waals surface area contributed by atoms with Crippen LogP contribution in [0, 0.1) is 17.2 Å². The number of hydrogen-bond acceptors (Lipinski definition) is 10. The van der Waals surface area contributed by atoms with Crippen LogP contribution in [0.15, 0.2) is 0 Å². The molecule has 0 saturated heterocycles. The summed E-state index contributed by atoms with van der Waals surface area (Å²) in [6, 6.07) is -7.27. The van der Waals surface area contributed by atoms with Crippen LogP contribution in [0.1, 0.15) is 79.6 Å². The Labute approximate surface area is 285 Å². The van der Waals surface area contributed by atoms with E-state index in [1.807, 2.05) is 13.8 Å². The minimum absolute atomic E-state index is 0.0627. The van der Waals surface area contributed by atoms with E-state index >= 15 is 0 Å². The van der Waals surface area contributed by atoms with E-state index in [1.54, 1.807) is 20.1 Å². The van der Waals surface area contributed by atoms with Crippen LogP contribution in [-0.4, -0.2) is 107 Å². The minimum Gasteiger partial charge on any atom is -0.481 e. The van der Waals surface area contributed by atoms with Crippen LogP contribution in [0.2, 0.25) is 0 Å². The highest BCUT2D eigenvalue weighted by atomic mass is 16.4. The largest absolute Gasteiger partial charge is 0.481 e. The highest BCUT2D eigenvalue weighted by Crippen LogP contribution is 2.08. The number of rotatable bonds is 24. The summed E-state index contributed by atoms with van der Waals surface area (Å²) in [6.45, 7) is 8.48. The summed E-state index contributed by atoms with van der Waals surface area (Å²) in [7, 11) is 0. The molecule has 0 aliphatic heterocycles. The maximum atomic E-state index is 13.4. The summed E-state index contributed by atoms with van der Waals surface area (Å²) in [5.74, 6) is -7.21. The Morgan fingerprint density at radius 2 is 1.24 bits per heavy atom. The van der Waals surface area contributed by atoms with Crippen molar-refractivity contribution >= 4 is 53.7 Å². The van der Waals surface area contributed by atoms with Crippen LogP contribution >= 0.6 is 0 Å². The van der Waals surface area contributed by atoms with Crippen LogP contribution in [-0.2, 0) is 38.4 Å². The van der Waals surface area contributed by atoms with Crippen LogP contribution in [0.25, 0.3) is 0 Å². The first-order valence-corrected chi connectivity index (χ1v) is 15.9. The number of nitrogens with two attached hydrogens (primary N) is 2. The zero-order valence-corrected chi connectivity index (χ0v) is 28.6. The van der Waals surface area contributed by atoms with Crippen LogP contribution in [0.5, 0.6) is 0 Å². The summed E-state index contributed by atoms with van der Waals surface area (Å²) >= 11 is 0. The van der Waals surface area contributed by atoms with Gasteiger partial charge in [0.05, 0.1) is 12.1 Å². The molecular formula is C30H52N9O10. The molecule has 1 radical (unpaired) electrons. The number of aliphatic carboxylic acids is 2. The molecule has 0 unspecified atom stereocenters. The smallest absolute Gasteiger partial charge is 0.303 e. The number of carboxylic acid groups (broad SMARTS) is 2. The van der Waals surface area contributed by atoms with Crippen LogP contribution in [0.3, 0.4) is 0 Å². The molecule has 0 spiro atoms.